The summed E-state index contributed by atoms with van der Waals surface area (Å²) in [5, 5.41) is 9.18. The van der Waals surface area contributed by atoms with Crippen LogP contribution < -0.4 is 35.0 Å². The van der Waals surface area contributed by atoms with Gasteiger partial charge in [-0.05, 0) is 73.9 Å². The van der Waals surface area contributed by atoms with Gasteiger partial charge in [-0.3, -0.25) is 14.4 Å². The van der Waals surface area contributed by atoms with Crippen molar-refractivity contribution in [3.8, 4) is 23.0 Å². The zero-order chi connectivity index (χ0) is 29.6. The Bertz CT molecular complexity index is 1370. The average Bonchev–Trinajstić information content (AvgIpc) is 2.97. The van der Waals surface area contributed by atoms with Gasteiger partial charge in [0.25, 0.3) is 5.91 Å². The number of hydrogen-bond acceptors (Lipinski definition) is 8. The maximum atomic E-state index is 12.3. The summed E-state index contributed by atoms with van der Waals surface area (Å²) in [7, 11) is 3.10. The van der Waals surface area contributed by atoms with Crippen LogP contribution in [0.2, 0.25) is 0 Å². The summed E-state index contributed by atoms with van der Waals surface area (Å²) in [6, 6.07) is 17.8. The molecule has 0 bridgehead atoms. The largest absolute Gasteiger partial charge is 0.493 e. The lowest BCUT2D eigenvalue weighted by atomic mass is 10.1. The quantitative estimate of drug-likeness (QED) is 0.165. The first kappa shape index (κ1) is 30.5. The van der Waals surface area contributed by atoms with Crippen molar-refractivity contribution >= 4 is 29.6 Å². The van der Waals surface area contributed by atoms with Gasteiger partial charge in [-0.25, -0.2) is 5.43 Å². The van der Waals surface area contributed by atoms with Crippen molar-refractivity contribution in [2.24, 2.45) is 5.10 Å². The second-order valence-electron chi connectivity index (χ2n) is 8.74. The molecule has 0 aliphatic rings. The number of nitrogens with one attached hydrogen (secondary N) is 3. The molecule has 216 valence electrons. The Morgan fingerprint density at radius 2 is 1.56 bits per heavy atom. The first-order valence-electron chi connectivity index (χ1n) is 12.9. The molecule has 0 saturated heterocycles. The van der Waals surface area contributed by atoms with Crippen LogP contribution in [0.1, 0.15) is 23.6 Å². The number of hydrazone groups is 1. The van der Waals surface area contributed by atoms with Crippen molar-refractivity contribution in [1.82, 2.24) is 10.7 Å². The fraction of sp³-hybridized carbons (Fsp3) is 0.267. The van der Waals surface area contributed by atoms with E-state index < -0.39 is 11.8 Å². The topological polar surface area (TPSA) is 137 Å². The van der Waals surface area contributed by atoms with E-state index in [2.05, 4.69) is 21.2 Å². The number of rotatable bonds is 13. The maximum absolute atomic E-state index is 12.3. The number of methoxy groups -OCH3 is 2. The van der Waals surface area contributed by atoms with Gasteiger partial charge in [0.05, 0.1) is 27.0 Å². The highest BCUT2D eigenvalue weighted by Crippen LogP contribution is 2.29. The molecule has 0 radical (unpaired) electrons. The van der Waals surface area contributed by atoms with Gasteiger partial charge in [-0.15, -0.1) is 0 Å². The monoisotopic (exact) mass is 562 g/mol. The Balaban J connectivity index is 1.48. The van der Waals surface area contributed by atoms with Gasteiger partial charge in [0.15, 0.2) is 29.6 Å². The highest BCUT2D eigenvalue weighted by Gasteiger charge is 2.13. The minimum atomic E-state index is -0.905. The third-order valence-electron chi connectivity index (χ3n) is 5.69. The first-order chi connectivity index (χ1) is 19.8. The van der Waals surface area contributed by atoms with Crippen molar-refractivity contribution < 1.29 is 33.3 Å². The molecule has 0 aliphatic carbocycles. The molecule has 0 saturated carbocycles. The Hall–Kier alpha value is -5.06. The van der Waals surface area contributed by atoms with Gasteiger partial charge in [0.2, 0.25) is 0 Å². The van der Waals surface area contributed by atoms with E-state index in [4.69, 9.17) is 18.9 Å². The fourth-order valence-electron chi connectivity index (χ4n) is 3.62. The molecular formula is C30H34N4O7. The summed E-state index contributed by atoms with van der Waals surface area (Å²) in [6.07, 6.45) is 1.86. The molecule has 3 aromatic carbocycles. The number of ether oxygens (including phenoxy) is 4. The summed E-state index contributed by atoms with van der Waals surface area (Å²) >= 11 is 0. The molecular weight excluding hydrogens is 528 g/mol. The number of carbonyl (C=O) groups is 3. The van der Waals surface area contributed by atoms with Gasteiger partial charge in [-0.1, -0.05) is 23.8 Å². The molecule has 0 heterocycles. The minimum Gasteiger partial charge on any atom is -0.493 e. The molecule has 41 heavy (non-hydrogen) atoms. The molecule has 0 spiro atoms. The third-order valence-corrected chi connectivity index (χ3v) is 5.69. The predicted octanol–water partition coefficient (Wildman–Crippen LogP) is 3.24. The van der Waals surface area contributed by atoms with Gasteiger partial charge in [0, 0.05) is 12.2 Å². The van der Waals surface area contributed by atoms with Crippen LogP contribution in [0, 0.1) is 6.92 Å². The zero-order valence-corrected chi connectivity index (χ0v) is 23.5. The van der Waals surface area contributed by atoms with Crippen molar-refractivity contribution in [1.29, 1.82) is 0 Å². The fourth-order valence-corrected chi connectivity index (χ4v) is 3.62. The molecule has 3 amide bonds. The van der Waals surface area contributed by atoms with E-state index in [-0.39, 0.29) is 19.1 Å². The summed E-state index contributed by atoms with van der Waals surface area (Å²) in [5.74, 6) is -0.0664. The second kappa shape index (κ2) is 15.5. The van der Waals surface area contributed by atoms with E-state index in [1.54, 1.807) is 38.5 Å². The lowest BCUT2D eigenvalue weighted by Gasteiger charge is -2.12. The predicted molar refractivity (Wildman–Crippen MR) is 155 cm³/mol. The van der Waals surface area contributed by atoms with Crippen LogP contribution in [0.5, 0.6) is 23.0 Å². The molecule has 11 heteroatoms. The molecule has 0 fully saturated rings. The van der Waals surface area contributed by atoms with E-state index in [1.165, 1.54) is 6.21 Å². The third kappa shape index (κ3) is 9.57. The van der Waals surface area contributed by atoms with Crippen LogP contribution >= 0.6 is 0 Å². The standard InChI is InChI=1S/C30H34N4O7/c1-5-40-27-17-22(9-13-25(27)41-19-28(35)33-23-10-6-20(2)7-11-23)18-32-34-30(37)29(36)31-15-14-21-8-12-24(38-3)26(16-21)39-4/h6-13,16-18H,5,14-15,19H2,1-4H3,(H,31,36)(H,33,35)(H,34,37)/b32-18-. The number of amides is 3. The molecule has 0 atom stereocenters. The van der Waals surface area contributed by atoms with Crippen LogP contribution in [0.25, 0.3) is 0 Å². The molecule has 3 N–H and O–H groups in total. The number of nitrogens with zero attached hydrogens (tertiary/aromatic N) is 1. The Kier molecular flexibility index (Phi) is 11.5. The van der Waals surface area contributed by atoms with E-state index in [0.29, 0.717) is 47.3 Å². The molecule has 0 unspecified atom stereocenters. The average molecular weight is 563 g/mol. The summed E-state index contributed by atoms with van der Waals surface area (Å²) in [5.41, 5.74) is 5.46. The molecule has 3 aromatic rings. The Morgan fingerprint density at radius 3 is 2.27 bits per heavy atom. The highest BCUT2D eigenvalue weighted by molar-refractivity contribution is 6.35. The van der Waals surface area contributed by atoms with Crippen LogP contribution in [-0.2, 0) is 20.8 Å². The lowest BCUT2D eigenvalue weighted by molar-refractivity contribution is -0.139. The maximum Gasteiger partial charge on any atom is 0.329 e. The number of benzene rings is 3. The van der Waals surface area contributed by atoms with Gasteiger partial charge < -0.3 is 29.6 Å². The van der Waals surface area contributed by atoms with E-state index in [9.17, 15) is 14.4 Å². The molecule has 0 aliphatic heterocycles. The first-order valence-corrected chi connectivity index (χ1v) is 12.9. The normalized spacial score (nSPS) is 10.5. The minimum absolute atomic E-state index is 0.210. The zero-order valence-electron chi connectivity index (χ0n) is 23.5. The lowest BCUT2D eigenvalue weighted by Crippen LogP contribution is -2.38. The van der Waals surface area contributed by atoms with Crippen LogP contribution in [0.3, 0.4) is 0 Å². The van der Waals surface area contributed by atoms with Crippen molar-refractivity contribution in [2.75, 3.05) is 39.3 Å². The Labute approximate surface area is 238 Å². The Morgan fingerprint density at radius 1 is 0.829 bits per heavy atom. The molecule has 0 aromatic heterocycles. The van der Waals surface area contributed by atoms with Crippen LogP contribution in [0.15, 0.2) is 65.8 Å². The van der Waals surface area contributed by atoms with Crippen molar-refractivity contribution in [3.63, 3.8) is 0 Å². The molecule has 11 nitrogen and oxygen atoms in total. The summed E-state index contributed by atoms with van der Waals surface area (Å²) < 4.78 is 21.8. The smallest absolute Gasteiger partial charge is 0.329 e. The van der Waals surface area contributed by atoms with Crippen LogP contribution in [0.4, 0.5) is 5.69 Å². The van der Waals surface area contributed by atoms with Crippen molar-refractivity contribution in [3.05, 3.63) is 77.4 Å². The number of anilines is 1. The summed E-state index contributed by atoms with van der Waals surface area (Å²) in [4.78, 5) is 36.5. The van der Waals surface area contributed by atoms with Gasteiger partial charge in [-0.2, -0.15) is 5.10 Å². The van der Waals surface area contributed by atoms with E-state index in [0.717, 1.165) is 11.1 Å². The number of hydrogen-bond donors (Lipinski definition) is 3. The second-order valence-corrected chi connectivity index (χ2v) is 8.74. The van der Waals surface area contributed by atoms with Crippen molar-refractivity contribution in [2.45, 2.75) is 20.3 Å². The SMILES string of the molecule is CCOc1cc(/C=N\NC(=O)C(=O)NCCc2ccc(OC)c(OC)c2)ccc1OCC(=O)Nc1ccc(C)cc1. The number of aryl methyl sites for hydroxylation is 1. The van der Waals surface area contributed by atoms with Crippen LogP contribution in [-0.4, -0.2) is 57.9 Å². The number of carbonyl (C=O) groups excluding carboxylic acids is 3. The van der Waals surface area contributed by atoms with E-state index >= 15 is 0 Å². The highest BCUT2D eigenvalue weighted by atomic mass is 16.5. The molecule has 3 rings (SSSR count). The van der Waals surface area contributed by atoms with Gasteiger partial charge in [0.1, 0.15) is 0 Å². The van der Waals surface area contributed by atoms with E-state index in [1.807, 2.05) is 50.2 Å². The van der Waals surface area contributed by atoms with Gasteiger partial charge >= 0.3 is 11.8 Å². The summed E-state index contributed by atoms with van der Waals surface area (Å²) in [6.45, 7) is 4.19.